The van der Waals surface area contributed by atoms with Crippen molar-refractivity contribution in [2.75, 3.05) is 11.9 Å². The summed E-state index contributed by atoms with van der Waals surface area (Å²) in [5.74, 6) is -1.35. The lowest BCUT2D eigenvalue weighted by Gasteiger charge is -2.14. The second kappa shape index (κ2) is 10.1. The maximum atomic E-state index is 12.3. The van der Waals surface area contributed by atoms with Gasteiger partial charge in [-0.3, -0.25) is 9.59 Å². The van der Waals surface area contributed by atoms with Gasteiger partial charge in [-0.25, -0.2) is 4.79 Å². The Morgan fingerprint density at radius 3 is 2.37 bits per heavy atom. The Morgan fingerprint density at radius 1 is 1.00 bits per heavy atom. The summed E-state index contributed by atoms with van der Waals surface area (Å²) in [6.07, 6.45) is 1.81. The number of esters is 1. The predicted octanol–water partition coefficient (Wildman–Crippen LogP) is 3.40. The molecule has 0 aliphatic rings. The maximum Gasteiger partial charge on any atom is 0.340 e. The number of anilines is 1. The van der Waals surface area contributed by atoms with Crippen molar-refractivity contribution >= 4 is 23.5 Å². The van der Waals surface area contributed by atoms with Gasteiger partial charge in [0, 0.05) is 11.6 Å². The minimum atomic E-state index is -0.669. The number of rotatable bonds is 8. The molecule has 0 heterocycles. The van der Waals surface area contributed by atoms with E-state index < -0.39 is 5.97 Å². The van der Waals surface area contributed by atoms with Crippen LogP contribution in [-0.2, 0) is 9.53 Å². The molecule has 0 aromatic heterocycles. The lowest BCUT2D eigenvalue weighted by molar-refractivity contribution is -0.124. The summed E-state index contributed by atoms with van der Waals surface area (Å²) in [6, 6.07) is 15.2. The van der Waals surface area contributed by atoms with Crippen LogP contribution in [0.5, 0.6) is 0 Å². The van der Waals surface area contributed by atoms with Gasteiger partial charge >= 0.3 is 5.97 Å². The molecular weight excluding hydrogens is 344 g/mol. The summed E-state index contributed by atoms with van der Waals surface area (Å²) in [6.45, 7) is 3.56. The highest BCUT2D eigenvalue weighted by Crippen LogP contribution is 2.17. The fraction of sp³-hybridized carbons (Fsp3) is 0.286. The first kappa shape index (κ1) is 20.2. The van der Waals surface area contributed by atoms with Crippen molar-refractivity contribution in [3.8, 4) is 0 Å². The minimum Gasteiger partial charge on any atom is -0.452 e. The molecule has 0 fully saturated rings. The highest BCUT2D eigenvalue weighted by atomic mass is 16.5. The second-order valence-electron chi connectivity index (χ2n) is 6.20. The smallest absolute Gasteiger partial charge is 0.340 e. The number of hydrogen-bond acceptors (Lipinski definition) is 4. The van der Waals surface area contributed by atoms with Crippen molar-refractivity contribution in [3.05, 3.63) is 65.7 Å². The van der Waals surface area contributed by atoms with E-state index in [9.17, 15) is 14.4 Å². The molecule has 1 atom stereocenters. The van der Waals surface area contributed by atoms with Gasteiger partial charge in [-0.15, -0.1) is 0 Å². The maximum absolute atomic E-state index is 12.3. The largest absolute Gasteiger partial charge is 0.452 e. The molecule has 0 aliphatic heterocycles. The molecule has 0 saturated carbocycles. The molecule has 0 spiro atoms. The highest BCUT2D eigenvalue weighted by molar-refractivity contribution is 6.08. The number of amides is 2. The van der Waals surface area contributed by atoms with Crippen LogP contribution < -0.4 is 10.6 Å². The zero-order valence-electron chi connectivity index (χ0n) is 15.5. The van der Waals surface area contributed by atoms with Gasteiger partial charge in [0.1, 0.15) is 0 Å². The minimum absolute atomic E-state index is 0.0265. The van der Waals surface area contributed by atoms with Crippen molar-refractivity contribution in [2.45, 2.75) is 32.7 Å². The number of hydrogen-bond donors (Lipinski definition) is 2. The van der Waals surface area contributed by atoms with E-state index in [1.807, 2.05) is 19.9 Å². The van der Waals surface area contributed by atoms with Crippen LogP contribution in [-0.4, -0.2) is 30.4 Å². The number of nitrogens with one attached hydrogen (secondary N) is 2. The molecule has 6 nitrogen and oxygen atoms in total. The molecule has 6 heteroatoms. The Balaban J connectivity index is 1.99. The predicted molar refractivity (Wildman–Crippen MR) is 104 cm³/mol. The molecule has 27 heavy (non-hydrogen) atoms. The zero-order valence-corrected chi connectivity index (χ0v) is 15.5. The molecule has 2 amide bonds. The van der Waals surface area contributed by atoms with Crippen LogP contribution in [0.15, 0.2) is 54.6 Å². The Morgan fingerprint density at radius 2 is 1.67 bits per heavy atom. The van der Waals surface area contributed by atoms with Gasteiger partial charge in [0.05, 0.1) is 11.3 Å². The fourth-order valence-electron chi connectivity index (χ4n) is 2.58. The Bertz CT molecular complexity index is 790. The van der Waals surface area contributed by atoms with E-state index in [-0.39, 0.29) is 30.0 Å². The summed E-state index contributed by atoms with van der Waals surface area (Å²) >= 11 is 0. The Kier molecular flexibility index (Phi) is 7.55. The first-order valence-electron chi connectivity index (χ1n) is 8.93. The number of para-hydroxylation sites is 1. The summed E-state index contributed by atoms with van der Waals surface area (Å²) in [4.78, 5) is 36.5. The van der Waals surface area contributed by atoms with Gasteiger partial charge in [-0.1, -0.05) is 43.7 Å². The third-order valence-corrected chi connectivity index (χ3v) is 3.89. The van der Waals surface area contributed by atoms with E-state index in [2.05, 4.69) is 10.6 Å². The number of ether oxygens (including phenoxy) is 1. The zero-order chi connectivity index (χ0) is 19.6. The van der Waals surface area contributed by atoms with Crippen molar-refractivity contribution in [2.24, 2.45) is 0 Å². The third-order valence-electron chi connectivity index (χ3n) is 3.89. The van der Waals surface area contributed by atoms with Crippen molar-refractivity contribution in [1.29, 1.82) is 0 Å². The van der Waals surface area contributed by atoms with Gasteiger partial charge < -0.3 is 15.4 Å². The van der Waals surface area contributed by atoms with Gasteiger partial charge in [-0.05, 0) is 37.6 Å². The van der Waals surface area contributed by atoms with Crippen LogP contribution in [0.3, 0.4) is 0 Å². The molecule has 2 N–H and O–H groups in total. The quantitative estimate of drug-likeness (QED) is 0.700. The van der Waals surface area contributed by atoms with Gasteiger partial charge in [0.15, 0.2) is 6.61 Å². The topological polar surface area (TPSA) is 84.5 Å². The Labute approximate surface area is 158 Å². The molecule has 0 unspecified atom stereocenters. The molecular formula is C21H24N2O4. The highest BCUT2D eigenvalue weighted by Gasteiger charge is 2.17. The SMILES string of the molecule is CCC[C@H](C)NC(=O)COC(=O)c1ccccc1NC(=O)c1ccccc1. The average molecular weight is 368 g/mol. The molecule has 0 saturated heterocycles. The number of benzene rings is 2. The van der Waals surface area contributed by atoms with Crippen LogP contribution in [0.2, 0.25) is 0 Å². The van der Waals surface area contributed by atoms with Crippen LogP contribution in [0.25, 0.3) is 0 Å². The Hall–Kier alpha value is -3.15. The molecule has 2 rings (SSSR count). The summed E-state index contributed by atoms with van der Waals surface area (Å²) in [5.41, 5.74) is 0.997. The standard InChI is InChI=1S/C21H24N2O4/c1-3-9-15(2)22-19(24)14-27-21(26)17-12-7-8-13-18(17)23-20(25)16-10-5-4-6-11-16/h4-8,10-13,15H,3,9,14H2,1-2H3,(H,22,24)(H,23,25)/t15-/m0/s1. The van der Waals surface area contributed by atoms with E-state index >= 15 is 0 Å². The fourth-order valence-corrected chi connectivity index (χ4v) is 2.58. The van der Waals surface area contributed by atoms with Crippen molar-refractivity contribution in [1.82, 2.24) is 5.32 Å². The lowest BCUT2D eigenvalue weighted by Crippen LogP contribution is -2.35. The molecule has 142 valence electrons. The normalized spacial score (nSPS) is 11.3. The first-order chi connectivity index (χ1) is 13.0. The summed E-state index contributed by atoms with van der Waals surface area (Å²) < 4.78 is 5.09. The number of carbonyl (C=O) groups is 3. The van der Waals surface area contributed by atoms with E-state index in [1.54, 1.807) is 48.5 Å². The second-order valence-corrected chi connectivity index (χ2v) is 6.20. The van der Waals surface area contributed by atoms with E-state index in [0.717, 1.165) is 12.8 Å². The van der Waals surface area contributed by atoms with E-state index in [4.69, 9.17) is 4.74 Å². The van der Waals surface area contributed by atoms with E-state index in [1.165, 1.54) is 0 Å². The van der Waals surface area contributed by atoms with Crippen LogP contribution in [0, 0.1) is 0 Å². The summed E-state index contributed by atoms with van der Waals surface area (Å²) in [7, 11) is 0. The molecule has 0 radical (unpaired) electrons. The van der Waals surface area contributed by atoms with Crippen LogP contribution in [0.4, 0.5) is 5.69 Å². The number of carbonyl (C=O) groups excluding carboxylic acids is 3. The molecule has 0 bridgehead atoms. The van der Waals surface area contributed by atoms with Crippen LogP contribution in [0.1, 0.15) is 47.4 Å². The van der Waals surface area contributed by atoms with E-state index in [0.29, 0.717) is 11.3 Å². The first-order valence-corrected chi connectivity index (χ1v) is 8.93. The van der Waals surface area contributed by atoms with Crippen molar-refractivity contribution in [3.63, 3.8) is 0 Å². The monoisotopic (exact) mass is 368 g/mol. The van der Waals surface area contributed by atoms with Gasteiger partial charge in [0.25, 0.3) is 11.8 Å². The average Bonchev–Trinajstić information content (AvgIpc) is 2.67. The summed E-state index contributed by atoms with van der Waals surface area (Å²) in [5, 5.41) is 5.47. The van der Waals surface area contributed by atoms with Gasteiger partial charge in [-0.2, -0.15) is 0 Å². The van der Waals surface area contributed by atoms with Gasteiger partial charge in [0.2, 0.25) is 0 Å². The van der Waals surface area contributed by atoms with Crippen LogP contribution >= 0.6 is 0 Å². The molecule has 2 aromatic carbocycles. The molecule has 0 aliphatic carbocycles. The van der Waals surface area contributed by atoms with Crippen molar-refractivity contribution < 1.29 is 19.1 Å². The molecule has 2 aromatic rings. The lowest BCUT2D eigenvalue weighted by atomic mass is 10.1. The third kappa shape index (κ3) is 6.26.